The fraction of sp³-hybridized carbons (Fsp3) is 0.404. The Morgan fingerprint density at radius 3 is 1.92 bits per heavy atom. The van der Waals surface area contributed by atoms with Crippen LogP contribution in [0, 0.1) is 6.92 Å². The third-order valence-electron chi connectivity index (χ3n) is 14.0. The van der Waals surface area contributed by atoms with Crippen LogP contribution in [0.2, 0.25) is 5.04 Å². The van der Waals surface area contributed by atoms with Crippen molar-refractivity contribution in [2.75, 3.05) is 19.7 Å². The lowest BCUT2D eigenvalue weighted by molar-refractivity contribution is 0.0407. The van der Waals surface area contributed by atoms with Crippen LogP contribution in [0.1, 0.15) is 129 Å². The molecule has 5 aromatic carbocycles. The number of hydrogen-bond donors (Lipinski definition) is 1. The number of aryl methyl sites for hydroxylation is 2. The highest BCUT2D eigenvalue weighted by atomic mass is 28.4. The summed E-state index contributed by atoms with van der Waals surface area (Å²) in [5, 5.41) is 14.0. The summed E-state index contributed by atoms with van der Waals surface area (Å²) in [7, 11) is -2.82. The number of aliphatic hydroxyl groups excluding tert-OH is 1. The first-order valence-electron chi connectivity index (χ1n) is 23.6. The van der Waals surface area contributed by atoms with E-state index in [1.54, 1.807) is 0 Å². The molecule has 0 aromatic heterocycles. The van der Waals surface area contributed by atoms with Gasteiger partial charge in [-0.2, -0.15) is 0 Å². The lowest BCUT2D eigenvalue weighted by Gasteiger charge is -2.45. The topological polar surface area (TPSA) is 70.1 Å². The Hall–Kier alpha value is -5.08. The highest BCUT2D eigenvalue weighted by Crippen LogP contribution is 2.41. The second-order valence-electron chi connectivity index (χ2n) is 19.4. The Morgan fingerprint density at radius 1 is 0.766 bits per heavy atom. The molecule has 338 valence electrons. The van der Waals surface area contributed by atoms with Gasteiger partial charge in [0.2, 0.25) is 0 Å². The first-order chi connectivity index (χ1) is 30.7. The maximum Gasteiger partial charge on any atom is 0.261 e. The van der Waals surface area contributed by atoms with Crippen LogP contribution in [0.15, 0.2) is 146 Å². The first-order valence-corrected chi connectivity index (χ1v) is 25.5. The van der Waals surface area contributed by atoms with E-state index < -0.39 is 20.0 Å². The molecule has 6 rings (SSSR count). The molecule has 0 heterocycles. The van der Waals surface area contributed by atoms with Crippen LogP contribution in [0.3, 0.4) is 0 Å². The predicted octanol–water partition coefficient (Wildman–Crippen LogP) is 11.2. The molecule has 1 N–H and O–H groups in total. The van der Waals surface area contributed by atoms with Crippen molar-refractivity contribution in [3.63, 3.8) is 0 Å². The number of carbonyl (C=O) groups is 2. The molecule has 5 aromatic rings. The van der Waals surface area contributed by atoms with Crippen molar-refractivity contribution >= 4 is 30.5 Å². The van der Waals surface area contributed by atoms with Crippen LogP contribution >= 0.6 is 0 Å². The highest BCUT2D eigenvalue weighted by Gasteiger charge is 2.50. The molecule has 0 spiro atoms. The van der Waals surface area contributed by atoms with Gasteiger partial charge in [-0.3, -0.25) is 9.59 Å². The molecule has 2 amide bonds. The molecule has 0 radical (unpaired) electrons. The Balaban J connectivity index is 1.24. The molecule has 1 aliphatic rings. The molecular weight excluding hydrogens is 805 g/mol. The second kappa shape index (κ2) is 21.3. The van der Waals surface area contributed by atoms with Gasteiger partial charge in [0.25, 0.3) is 20.1 Å². The zero-order chi connectivity index (χ0) is 46.0. The standard InChI is InChI=1S/C57H72N2O4Si/c1-9-11-39-58(56(7,8)47-26-15-12-16-27-47)54(62)52-42-44(3)33-34-46(52)43-48(60)36-35-45-25-21-22-32-51(45)53(61)59(57(10-2)37-23-24-38-57)40-41-63-64(55(4,5)6,49-28-17-13-18-29-49)50-30-19-14-20-31-50/h9,12-22,25-34,42,48,60H,1,10-11,23-24,35-41,43H2,2-8H3. The van der Waals surface area contributed by atoms with Crippen molar-refractivity contribution in [3.8, 4) is 0 Å². The SMILES string of the molecule is C=CCCN(C(=O)c1cc(C)ccc1CC(O)CCc1ccccc1C(=O)N(CCO[Si](c1ccccc1)(c1ccccc1)C(C)(C)C)C1(CC)CCCC1)C(C)(C)c1ccccc1. The number of nitrogens with zero attached hydrogens (tertiary/aromatic N) is 2. The van der Waals surface area contributed by atoms with E-state index in [1.165, 1.54) is 10.4 Å². The van der Waals surface area contributed by atoms with Crippen LogP contribution in [0.5, 0.6) is 0 Å². The Bertz CT molecular complexity index is 2260. The van der Waals surface area contributed by atoms with Gasteiger partial charge in [-0.05, 0) is 110 Å². The molecule has 1 atom stereocenters. The van der Waals surface area contributed by atoms with Crippen LogP contribution in [0.25, 0.3) is 0 Å². The zero-order valence-corrected chi connectivity index (χ0v) is 40.6. The predicted molar refractivity (Wildman–Crippen MR) is 267 cm³/mol. The zero-order valence-electron chi connectivity index (χ0n) is 39.6. The highest BCUT2D eigenvalue weighted by molar-refractivity contribution is 6.99. The molecule has 1 fully saturated rings. The Labute approximate surface area is 385 Å². The van der Waals surface area contributed by atoms with E-state index >= 15 is 4.79 Å². The minimum atomic E-state index is -2.82. The summed E-state index contributed by atoms with van der Waals surface area (Å²) in [6.45, 7) is 20.7. The molecule has 0 aliphatic heterocycles. The van der Waals surface area contributed by atoms with Gasteiger partial charge in [-0.25, -0.2) is 0 Å². The van der Waals surface area contributed by atoms with Gasteiger partial charge in [-0.15, -0.1) is 6.58 Å². The number of hydrogen-bond acceptors (Lipinski definition) is 4. The molecule has 0 saturated heterocycles. The lowest BCUT2D eigenvalue weighted by atomic mass is 9.89. The third kappa shape index (κ3) is 10.5. The normalized spacial score (nSPS) is 14.5. The number of rotatable bonds is 20. The fourth-order valence-corrected chi connectivity index (χ4v) is 14.8. The summed E-state index contributed by atoms with van der Waals surface area (Å²) in [4.78, 5) is 33.9. The van der Waals surface area contributed by atoms with Crippen molar-refractivity contribution in [1.82, 2.24) is 9.80 Å². The minimum absolute atomic E-state index is 0.0342. The van der Waals surface area contributed by atoms with Crippen molar-refractivity contribution in [1.29, 1.82) is 0 Å². The summed E-state index contributed by atoms with van der Waals surface area (Å²) in [5.74, 6) is -0.0275. The van der Waals surface area contributed by atoms with E-state index in [1.807, 2.05) is 78.6 Å². The monoisotopic (exact) mass is 877 g/mol. The van der Waals surface area contributed by atoms with E-state index in [4.69, 9.17) is 4.43 Å². The van der Waals surface area contributed by atoms with E-state index in [2.05, 4.69) is 126 Å². The molecule has 6 nitrogen and oxygen atoms in total. The Kier molecular flexibility index (Phi) is 16.1. The average Bonchev–Trinajstić information content (AvgIpc) is 3.79. The average molecular weight is 877 g/mol. The van der Waals surface area contributed by atoms with Gasteiger partial charge in [0.05, 0.1) is 18.2 Å². The van der Waals surface area contributed by atoms with Crippen molar-refractivity contribution in [2.24, 2.45) is 0 Å². The van der Waals surface area contributed by atoms with E-state index in [0.717, 1.165) is 54.4 Å². The molecule has 64 heavy (non-hydrogen) atoms. The molecule has 1 saturated carbocycles. The summed E-state index contributed by atoms with van der Waals surface area (Å²) in [6, 6.07) is 45.5. The molecule has 7 heteroatoms. The van der Waals surface area contributed by atoms with Crippen molar-refractivity contribution < 1.29 is 19.1 Å². The third-order valence-corrected chi connectivity index (χ3v) is 19.0. The van der Waals surface area contributed by atoms with Gasteiger partial charge in [-0.1, -0.05) is 174 Å². The van der Waals surface area contributed by atoms with Crippen LogP contribution in [-0.2, 0) is 22.8 Å². The maximum absolute atomic E-state index is 15.2. The minimum Gasteiger partial charge on any atom is -0.406 e. The summed E-state index contributed by atoms with van der Waals surface area (Å²) < 4.78 is 7.39. The molecule has 1 unspecified atom stereocenters. The number of carbonyl (C=O) groups excluding carboxylic acids is 2. The smallest absolute Gasteiger partial charge is 0.261 e. The maximum atomic E-state index is 15.2. The molecule has 1 aliphatic carbocycles. The second-order valence-corrected chi connectivity index (χ2v) is 23.7. The number of aliphatic hydroxyl groups is 1. The van der Waals surface area contributed by atoms with Gasteiger partial charge >= 0.3 is 0 Å². The summed E-state index contributed by atoms with van der Waals surface area (Å²) in [5.41, 5.74) is 4.26. The van der Waals surface area contributed by atoms with Crippen LogP contribution in [0.4, 0.5) is 0 Å². The van der Waals surface area contributed by atoms with Gasteiger partial charge in [0.15, 0.2) is 0 Å². The van der Waals surface area contributed by atoms with E-state index in [9.17, 15) is 9.90 Å². The van der Waals surface area contributed by atoms with Crippen molar-refractivity contribution in [2.45, 2.75) is 128 Å². The summed E-state index contributed by atoms with van der Waals surface area (Å²) in [6.07, 6.45) is 8.09. The summed E-state index contributed by atoms with van der Waals surface area (Å²) >= 11 is 0. The van der Waals surface area contributed by atoms with Crippen LogP contribution in [-0.4, -0.2) is 66.4 Å². The largest absolute Gasteiger partial charge is 0.406 e. The molecular formula is C57H72N2O4Si. The van der Waals surface area contributed by atoms with Crippen molar-refractivity contribution in [3.05, 3.63) is 179 Å². The Morgan fingerprint density at radius 2 is 1.34 bits per heavy atom. The number of benzene rings is 5. The molecule has 0 bridgehead atoms. The fourth-order valence-electron chi connectivity index (χ4n) is 10.3. The lowest BCUT2D eigenvalue weighted by Crippen LogP contribution is -2.67. The number of amides is 2. The van der Waals surface area contributed by atoms with Gasteiger partial charge < -0.3 is 19.3 Å². The first kappa shape index (κ1) is 48.4. The van der Waals surface area contributed by atoms with Crippen LogP contribution < -0.4 is 10.4 Å². The quantitative estimate of drug-likeness (QED) is 0.0625. The van der Waals surface area contributed by atoms with E-state index in [-0.39, 0.29) is 22.4 Å². The van der Waals surface area contributed by atoms with Gasteiger partial charge in [0, 0.05) is 29.8 Å². The van der Waals surface area contributed by atoms with Gasteiger partial charge in [0.1, 0.15) is 0 Å². The van der Waals surface area contributed by atoms with E-state index in [0.29, 0.717) is 56.5 Å².